The van der Waals surface area contributed by atoms with E-state index in [1.807, 2.05) is 6.07 Å². The predicted molar refractivity (Wildman–Crippen MR) is 56.5 cm³/mol. The van der Waals surface area contributed by atoms with Crippen LogP contribution in [0.5, 0.6) is 0 Å². The average molecular weight is 210 g/mol. The lowest BCUT2D eigenvalue weighted by atomic mass is 10.2. The van der Waals surface area contributed by atoms with Gasteiger partial charge in [-0.05, 0) is 12.1 Å². The van der Waals surface area contributed by atoms with E-state index in [-0.39, 0.29) is 6.67 Å². The third-order valence-electron chi connectivity index (χ3n) is 2.12. The van der Waals surface area contributed by atoms with Crippen molar-refractivity contribution in [1.29, 1.82) is 0 Å². The molecule has 4 N–H and O–H groups in total. The maximum atomic E-state index is 10.8. The molecule has 1 unspecified atom stereocenters. The van der Waals surface area contributed by atoms with E-state index in [9.17, 15) is 4.79 Å². The van der Waals surface area contributed by atoms with E-state index in [4.69, 9.17) is 15.9 Å². The van der Waals surface area contributed by atoms with Gasteiger partial charge in [-0.3, -0.25) is 0 Å². The Morgan fingerprint density at radius 2 is 2.00 bits per heavy atom. The highest BCUT2D eigenvalue weighted by Crippen LogP contribution is 2.15. The standard InChI is InChI=1S/C10H14N2O3/c11-7-12(9(6-13)10(14)15)8-4-2-1-3-5-8/h1-5,9,13H,6-7,11H2,(H,14,15). The summed E-state index contributed by atoms with van der Waals surface area (Å²) >= 11 is 0. The molecule has 1 atom stereocenters. The van der Waals surface area contributed by atoms with Crippen LogP contribution in [-0.4, -0.2) is 35.5 Å². The van der Waals surface area contributed by atoms with Crippen molar-refractivity contribution in [3.63, 3.8) is 0 Å². The summed E-state index contributed by atoms with van der Waals surface area (Å²) in [7, 11) is 0. The minimum atomic E-state index is -1.09. The topological polar surface area (TPSA) is 86.8 Å². The monoisotopic (exact) mass is 210 g/mol. The Labute approximate surface area is 87.7 Å². The summed E-state index contributed by atoms with van der Waals surface area (Å²) in [6, 6.07) is 7.89. The molecule has 0 aliphatic carbocycles. The molecule has 5 nitrogen and oxygen atoms in total. The Hall–Kier alpha value is -1.59. The summed E-state index contributed by atoms with van der Waals surface area (Å²) in [5.74, 6) is -1.09. The first-order valence-corrected chi connectivity index (χ1v) is 4.56. The Bertz CT molecular complexity index is 316. The summed E-state index contributed by atoms with van der Waals surface area (Å²) in [6.07, 6.45) is 0. The SMILES string of the molecule is NCN(c1ccccc1)C(CO)C(=O)O. The summed E-state index contributed by atoms with van der Waals surface area (Å²) in [6.45, 7) is -0.428. The van der Waals surface area contributed by atoms with Crippen molar-refractivity contribution in [2.75, 3.05) is 18.2 Å². The fourth-order valence-electron chi connectivity index (χ4n) is 1.34. The zero-order valence-electron chi connectivity index (χ0n) is 8.21. The van der Waals surface area contributed by atoms with Crippen LogP contribution < -0.4 is 10.6 Å². The van der Waals surface area contributed by atoms with Crippen molar-refractivity contribution in [1.82, 2.24) is 0 Å². The van der Waals surface area contributed by atoms with Crippen molar-refractivity contribution in [2.24, 2.45) is 5.73 Å². The fraction of sp³-hybridized carbons (Fsp3) is 0.300. The molecule has 0 aliphatic heterocycles. The van der Waals surface area contributed by atoms with Crippen LogP contribution in [-0.2, 0) is 4.79 Å². The van der Waals surface area contributed by atoms with Crippen molar-refractivity contribution < 1.29 is 15.0 Å². The number of hydrogen-bond acceptors (Lipinski definition) is 4. The van der Waals surface area contributed by atoms with Gasteiger partial charge in [0.25, 0.3) is 0 Å². The van der Waals surface area contributed by atoms with Crippen LogP contribution in [0.3, 0.4) is 0 Å². The van der Waals surface area contributed by atoms with Crippen LogP contribution in [0, 0.1) is 0 Å². The molecule has 0 saturated carbocycles. The molecule has 1 aromatic rings. The molecule has 5 heteroatoms. The van der Waals surface area contributed by atoms with Crippen molar-refractivity contribution in [3.8, 4) is 0 Å². The number of benzene rings is 1. The number of carboxylic acid groups (broad SMARTS) is 1. The van der Waals surface area contributed by atoms with E-state index in [2.05, 4.69) is 0 Å². The molecule has 0 aromatic heterocycles. The van der Waals surface area contributed by atoms with Crippen LogP contribution in [0.25, 0.3) is 0 Å². The van der Waals surface area contributed by atoms with E-state index in [1.165, 1.54) is 4.90 Å². The molecule has 1 aromatic carbocycles. The normalized spacial score (nSPS) is 12.1. The van der Waals surface area contributed by atoms with Crippen LogP contribution >= 0.6 is 0 Å². The highest BCUT2D eigenvalue weighted by Gasteiger charge is 2.23. The lowest BCUT2D eigenvalue weighted by Gasteiger charge is -2.27. The van der Waals surface area contributed by atoms with E-state index < -0.39 is 18.6 Å². The summed E-state index contributed by atoms with van der Waals surface area (Å²) in [5.41, 5.74) is 6.15. The number of hydrogen-bond donors (Lipinski definition) is 3. The fourth-order valence-corrected chi connectivity index (χ4v) is 1.34. The number of aliphatic hydroxyl groups is 1. The van der Waals surface area contributed by atoms with Gasteiger partial charge in [-0.25, -0.2) is 4.79 Å². The van der Waals surface area contributed by atoms with Crippen molar-refractivity contribution >= 4 is 11.7 Å². The Morgan fingerprint density at radius 1 is 1.40 bits per heavy atom. The predicted octanol–water partition coefficient (Wildman–Crippen LogP) is -0.145. The quantitative estimate of drug-likeness (QED) is 0.588. The van der Waals surface area contributed by atoms with E-state index in [0.717, 1.165) is 0 Å². The summed E-state index contributed by atoms with van der Waals surface area (Å²) < 4.78 is 0. The summed E-state index contributed by atoms with van der Waals surface area (Å²) in [4.78, 5) is 12.3. The average Bonchev–Trinajstić information content (AvgIpc) is 2.26. The molecule has 0 aliphatic rings. The van der Waals surface area contributed by atoms with Gasteiger partial charge in [0.2, 0.25) is 0 Å². The number of nitrogens with two attached hydrogens (primary N) is 1. The number of anilines is 1. The second kappa shape index (κ2) is 5.33. The summed E-state index contributed by atoms with van der Waals surface area (Å²) in [5, 5.41) is 17.9. The molecule has 0 radical (unpaired) electrons. The van der Waals surface area contributed by atoms with Gasteiger partial charge in [0.1, 0.15) is 0 Å². The van der Waals surface area contributed by atoms with Gasteiger partial charge in [-0.15, -0.1) is 0 Å². The zero-order valence-corrected chi connectivity index (χ0v) is 8.21. The third-order valence-corrected chi connectivity index (χ3v) is 2.12. The maximum absolute atomic E-state index is 10.8. The van der Waals surface area contributed by atoms with Gasteiger partial charge in [0.15, 0.2) is 6.04 Å². The first-order chi connectivity index (χ1) is 7.20. The zero-order chi connectivity index (χ0) is 11.3. The first kappa shape index (κ1) is 11.5. The van der Waals surface area contributed by atoms with E-state index in [0.29, 0.717) is 5.69 Å². The smallest absolute Gasteiger partial charge is 0.328 e. The number of rotatable bonds is 5. The third kappa shape index (κ3) is 2.68. The highest BCUT2D eigenvalue weighted by molar-refractivity contribution is 5.78. The van der Waals surface area contributed by atoms with Gasteiger partial charge in [-0.1, -0.05) is 18.2 Å². The number of aliphatic carboxylic acids is 1. The Balaban J connectivity index is 2.92. The number of nitrogens with zero attached hydrogens (tertiary/aromatic N) is 1. The van der Waals surface area contributed by atoms with Crippen LogP contribution in [0.4, 0.5) is 5.69 Å². The molecule has 0 fully saturated rings. The molecular weight excluding hydrogens is 196 g/mol. The first-order valence-electron chi connectivity index (χ1n) is 4.56. The molecule has 1 rings (SSSR count). The van der Waals surface area contributed by atoms with Gasteiger partial charge >= 0.3 is 5.97 Å². The number of carbonyl (C=O) groups is 1. The van der Waals surface area contributed by atoms with Gasteiger partial charge in [-0.2, -0.15) is 0 Å². The van der Waals surface area contributed by atoms with Crippen LogP contribution in [0.2, 0.25) is 0 Å². The lowest BCUT2D eigenvalue weighted by molar-refractivity contribution is -0.139. The molecular formula is C10H14N2O3. The van der Waals surface area contributed by atoms with Crippen LogP contribution in [0.15, 0.2) is 30.3 Å². The molecule has 0 heterocycles. The molecule has 0 spiro atoms. The molecule has 0 saturated heterocycles. The van der Waals surface area contributed by atoms with E-state index in [1.54, 1.807) is 24.3 Å². The Morgan fingerprint density at radius 3 is 2.40 bits per heavy atom. The molecule has 15 heavy (non-hydrogen) atoms. The van der Waals surface area contributed by atoms with Gasteiger partial charge in [0, 0.05) is 5.69 Å². The number of carboxylic acids is 1. The maximum Gasteiger partial charge on any atom is 0.328 e. The molecule has 82 valence electrons. The highest BCUT2D eigenvalue weighted by atomic mass is 16.4. The largest absolute Gasteiger partial charge is 0.480 e. The minimum absolute atomic E-state index is 0.0432. The molecule has 0 amide bonds. The van der Waals surface area contributed by atoms with Crippen LogP contribution in [0.1, 0.15) is 0 Å². The molecule has 0 bridgehead atoms. The minimum Gasteiger partial charge on any atom is -0.480 e. The van der Waals surface area contributed by atoms with E-state index >= 15 is 0 Å². The second-order valence-electron chi connectivity index (χ2n) is 3.02. The number of para-hydroxylation sites is 1. The van der Waals surface area contributed by atoms with Crippen molar-refractivity contribution in [3.05, 3.63) is 30.3 Å². The number of aliphatic hydroxyl groups excluding tert-OH is 1. The lowest BCUT2D eigenvalue weighted by Crippen LogP contribution is -2.46. The van der Waals surface area contributed by atoms with Gasteiger partial charge in [0.05, 0.1) is 13.3 Å². The van der Waals surface area contributed by atoms with Gasteiger partial charge < -0.3 is 20.8 Å². The second-order valence-corrected chi connectivity index (χ2v) is 3.02. The van der Waals surface area contributed by atoms with Crippen molar-refractivity contribution in [2.45, 2.75) is 6.04 Å². The Kier molecular flexibility index (Phi) is 4.08.